The van der Waals surface area contributed by atoms with Crippen LogP contribution in [0.2, 0.25) is 0 Å². The molecule has 0 saturated heterocycles. The van der Waals surface area contributed by atoms with E-state index < -0.39 is 0 Å². The van der Waals surface area contributed by atoms with Crippen molar-refractivity contribution in [2.45, 2.75) is 39.7 Å². The Balaban J connectivity index is 2.36. The number of fused-ring (bicyclic) bond motifs is 1. The van der Waals surface area contributed by atoms with Crippen LogP contribution >= 0.6 is 0 Å². The quantitative estimate of drug-likeness (QED) is 0.636. The van der Waals surface area contributed by atoms with Crippen molar-refractivity contribution in [2.24, 2.45) is 17.7 Å². The fourth-order valence-electron chi connectivity index (χ4n) is 2.57. The Hall–Kier alpha value is -1.06. The highest BCUT2D eigenvalue weighted by atomic mass is 16.5. The average Bonchev–Trinajstić information content (AvgIpc) is 2.39. The minimum Gasteiger partial charge on any atom is -0.493 e. The molecule has 2 rings (SSSR count). The Labute approximate surface area is 110 Å². The molecule has 0 spiro atoms. The summed E-state index contributed by atoms with van der Waals surface area (Å²) in [6.45, 7) is 7.51. The second-order valence-corrected chi connectivity index (χ2v) is 5.53. The summed E-state index contributed by atoms with van der Waals surface area (Å²) in [4.78, 5) is 0. The van der Waals surface area contributed by atoms with Crippen LogP contribution in [0.1, 0.15) is 44.4 Å². The summed E-state index contributed by atoms with van der Waals surface area (Å²) in [5, 5.41) is 0. The minimum absolute atomic E-state index is 0.151. The molecule has 0 fully saturated rings. The van der Waals surface area contributed by atoms with Crippen molar-refractivity contribution < 1.29 is 4.74 Å². The third-order valence-electron chi connectivity index (χ3n) is 4.06. The van der Waals surface area contributed by atoms with Crippen LogP contribution in [0, 0.1) is 11.8 Å². The molecule has 100 valence electrons. The first-order valence-electron chi connectivity index (χ1n) is 6.86. The topological polar surface area (TPSA) is 47.3 Å². The Morgan fingerprint density at radius 1 is 1.28 bits per heavy atom. The van der Waals surface area contributed by atoms with E-state index in [0.29, 0.717) is 11.8 Å². The van der Waals surface area contributed by atoms with Crippen LogP contribution in [-0.4, -0.2) is 6.61 Å². The normalized spacial score (nSPS) is 18.1. The lowest BCUT2D eigenvalue weighted by atomic mass is 9.85. The van der Waals surface area contributed by atoms with E-state index in [4.69, 9.17) is 10.6 Å². The van der Waals surface area contributed by atoms with Gasteiger partial charge in [0.25, 0.3) is 0 Å². The summed E-state index contributed by atoms with van der Waals surface area (Å²) in [5.41, 5.74) is 5.49. The van der Waals surface area contributed by atoms with Gasteiger partial charge >= 0.3 is 0 Å². The molecule has 0 aromatic heterocycles. The summed E-state index contributed by atoms with van der Waals surface area (Å²) in [6.07, 6.45) is 2.22. The summed E-state index contributed by atoms with van der Waals surface area (Å²) >= 11 is 0. The molecule has 1 aromatic carbocycles. The van der Waals surface area contributed by atoms with Crippen LogP contribution in [0.15, 0.2) is 18.2 Å². The number of nitrogens with one attached hydrogen (secondary N) is 1. The fourth-order valence-corrected chi connectivity index (χ4v) is 2.57. The zero-order valence-corrected chi connectivity index (χ0v) is 11.6. The van der Waals surface area contributed by atoms with E-state index in [-0.39, 0.29) is 6.04 Å². The molecular weight excluding hydrogens is 224 g/mol. The maximum absolute atomic E-state index is 5.87. The van der Waals surface area contributed by atoms with Crippen LogP contribution in [-0.2, 0) is 6.42 Å². The average molecular weight is 248 g/mol. The van der Waals surface area contributed by atoms with Gasteiger partial charge in [0.05, 0.1) is 12.6 Å². The number of hydrogen-bond acceptors (Lipinski definition) is 3. The molecule has 1 aliphatic heterocycles. The lowest BCUT2D eigenvalue weighted by Gasteiger charge is -2.30. The smallest absolute Gasteiger partial charge is 0.127 e. The van der Waals surface area contributed by atoms with E-state index in [1.165, 1.54) is 11.1 Å². The zero-order valence-electron chi connectivity index (χ0n) is 11.6. The van der Waals surface area contributed by atoms with Crippen molar-refractivity contribution in [3.63, 3.8) is 0 Å². The Morgan fingerprint density at radius 2 is 2.06 bits per heavy atom. The summed E-state index contributed by atoms with van der Waals surface area (Å²) < 4.78 is 5.87. The van der Waals surface area contributed by atoms with Gasteiger partial charge in [-0.1, -0.05) is 39.0 Å². The lowest BCUT2D eigenvalue weighted by Crippen LogP contribution is -2.35. The number of aryl methyl sites for hydroxylation is 1. The van der Waals surface area contributed by atoms with E-state index in [1.54, 1.807) is 0 Å². The SMILES string of the molecule is CC(C)C(C)C(NN)c1cccc2c1OCCC2. The highest BCUT2D eigenvalue weighted by molar-refractivity contribution is 5.44. The minimum atomic E-state index is 0.151. The Morgan fingerprint density at radius 3 is 2.72 bits per heavy atom. The first-order chi connectivity index (χ1) is 8.65. The van der Waals surface area contributed by atoms with Crippen molar-refractivity contribution in [1.29, 1.82) is 0 Å². The zero-order chi connectivity index (χ0) is 13.1. The molecule has 0 aliphatic carbocycles. The molecule has 3 nitrogen and oxygen atoms in total. The van der Waals surface area contributed by atoms with Crippen molar-refractivity contribution in [3.8, 4) is 5.75 Å². The molecule has 0 bridgehead atoms. The van der Waals surface area contributed by atoms with Crippen molar-refractivity contribution in [2.75, 3.05) is 6.61 Å². The van der Waals surface area contributed by atoms with Crippen LogP contribution in [0.25, 0.3) is 0 Å². The van der Waals surface area contributed by atoms with Crippen LogP contribution < -0.4 is 16.0 Å². The first-order valence-corrected chi connectivity index (χ1v) is 6.86. The molecule has 2 unspecified atom stereocenters. The molecule has 3 heteroatoms. The van der Waals surface area contributed by atoms with Gasteiger partial charge in [-0.15, -0.1) is 0 Å². The van der Waals surface area contributed by atoms with Crippen molar-refractivity contribution in [1.82, 2.24) is 5.43 Å². The maximum atomic E-state index is 5.87. The predicted molar refractivity (Wildman–Crippen MR) is 74.3 cm³/mol. The number of rotatable bonds is 4. The Kier molecular flexibility index (Phi) is 4.25. The fraction of sp³-hybridized carbons (Fsp3) is 0.600. The van der Waals surface area contributed by atoms with Crippen LogP contribution in [0.5, 0.6) is 5.75 Å². The second kappa shape index (κ2) is 5.72. The number of ether oxygens (including phenoxy) is 1. The van der Waals surface area contributed by atoms with E-state index in [2.05, 4.69) is 44.4 Å². The highest BCUT2D eigenvalue weighted by Gasteiger charge is 2.26. The van der Waals surface area contributed by atoms with Gasteiger partial charge in [-0.05, 0) is 30.2 Å². The van der Waals surface area contributed by atoms with Gasteiger partial charge in [0.2, 0.25) is 0 Å². The molecule has 1 heterocycles. The van der Waals surface area contributed by atoms with Gasteiger partial charge in [0.1, 0.15) is 5.75 Å². The highest BCUT2D eigenvalue weighted by Crippen LogP contribution is 2.37. The summed E-state index contributed by atoms with van der Waals surface area (Å²) in [5.74, 6) is 7.87. The molecule has 3 N–H and O–H groups in total. The van der Waals surface area contributed by atoms with E-state index in [9.17, 15) is 0 Å². The van der Waals surface area contributed by atoms with Gasteiger partial charge in [0.15, 0.2) is 0 Å². The molecule has 0 amide bonds. The molecule has 0 saturated carbocycles. The first kappa shape index (κ1) is 13.4. The number of para-hydroxylation sites is 1. The number of benzene rings is 1. The monoisotopic (exact) mass is 248 g/mol. The molecule has 1 aliphatic rings. The maximum Gasteiger partial charge on any atom is 0.127 e. The van der Waals surface area contributed by atoms with Gasteiger partial charge in [-0.25, -0.2) is 0 Å². The van der Waals surface area contributed by atoms with Crippen LogP contribution in [0.3, 0.4) is 0 Å². The lowest BCUT2D eigenvalue weighted by molar-refractivity contribution is 0.263. The van der Waals surface area contributed by atoms with Gasteiger partial charge in [-0.3, -0.25) is 11.3 Å². The summed E-state index contributed by atoms with van der Waals surface area (Å²) in [7, 11) is 0. The van der Waals surface area contributed by atoms with E-state index >= 15 is 0 Å². The number of nitrogens with two attached hydrogens (primary N) is 1. The molecule has 2 atom stereocenters. The molecular formula is C15H24N2O. The third-order valence-corrected chi connectivity index (χ3v) is 4.06. The molecule has 1 aromatic rings. The van der Waals surface area contributed by atoms with E-state index in [1.807, 2.05) is 0 Å². The predicted octanol–water partition coefficient (Wildman–Crippen LogP) is 2.81. The molecule has 0 radical (unpaired) electrons. The van der Waals surface area contributed by atoms with Crippen molar-refractivity contribution >= 4 is 0 Å². The second-order valence-electron chi connectivity index (χ2n) is 5.53. The number of hydrazine groups is 1. The van der Waals surface area contributed by atoms with Crippen LogP contribution in [0.4, 0.5) is 0 Å². The number of hydrogen-bond donors (Lipinski definition) is 2. The largest absolute Gasteiger partial charge is 0.493 e. The summed E-state index contributed by atoms with van der Waals surface area (Å²) in [6, 6.07) is 6.55. The van der Waals surface area contributed by atoms with Gasteiger partial charge in [0, 0.05) is 5.56 Å². The van der Waals surface area contributed by atoms with E-state index in [0.717, 1.165) is 25.2 Å². The molecule has 18 heavy (non-hydrogen) atoms. The van der Waals surface area contributed by atoms with Crippen molar-refractivity contribution in [3.05, 3.63) is 29.3 Å². The Bertz CT molecular complexity index is 403. The third kappa shape index (κ3) is 2.52. The van der Waals surface area contributed by atoms with Gasteiger partial charge in [-0.2, -0.15) is 0 Å². The van der Waals surface area contributed by atoms with Gasteiger partial charge < -0.3 is 4.74 Å². The standard InChI is InChI=1S/C15H24N2O/c1-10(2)11(3)14(17-16)13-8-4-6-12-7-5-9-18-15(12)13/h4,6,8,10-11,14,17H,5,7,9,16H2,1-3H3.